The number of nitrogens with zero attached hydrogens (tertiary/aromatic N) is 3. The second kappa shape index (κ2) is 13.7. The predicted octanol–water partition coefficient (Wildman–Crippen LogP) is 12.7. The molecule has 244 valence electrons. The van der Waals surface area contributed by atoms with Crippen molar-refractivity contribution in [3.8, 4) is 78.7 Å². The van der Waals surface area contributed by atoms with Crippen LogP contribution in [-0.2, 0) is 0 Å². The molecule has 1 heterocycles. The van der Waals surface area contributed by atoms with Gasteiger partial charge in [0.2, 0.25) is 0 Å². The number of hydrogen-bond donors (Lipinski definition) is 0. The highest BCUT2D eigenvalue weighted by molar-refractivity contribution is 5.97. The molecule has 0 atom stereocenters. The smallest absolute Gasteiger partial charge is 0.164 e. The van der Waals surface area contributed by atoms with Gasteiger partial charge in [0.1, 0.15) is 0 Å². The summed E-state index contributed by atoms with van der Waals surface area (Å²) in [7, 11) is 0. The van der Waals surface area contributed by atoms with Gasteiger partial charge in [-0.2, -0.15) is 0 Å². The molecule has 0 aliphatic heterocycles. The van der Waals surface area contributed by atoms with Gasteiger partial charge in [-0.05, 0) is 73.5 Å². The first kappa shape index (κ1) is 31.0. The van der Waals surface area contributed by atoms with E-state index >= 15 is 0 Å². The van der Waals surface area contributed by atoms with E-state index in [2.05, 4.69) is 140 Å². The van der Waals surface area contributed by atoms with Crippen LogP contribution in [0.3, 0.4) is 0 Å². The summed E-state index contributed by atoms with van der Waals surface area (Å²) >= 11 is 0. The van der Waals surface area contributed by atoms with Crippen molar-refractivity contribution >= 4 is 10.8 Å². The second-order valence-electron chi connectivity index (χ2n) is 12.9. The maximum absolute atomic E-state index is 5.02. The van der Waals surface area contributed by atoms with Crippen molar-refractivity contribution in [3.05, 3.63) is 200 Å². The highest BCUT2D eigenvalue weighted by Crippen LogP contribution is 2.38. The molecule has 0 aliphatic carbocycles. The molecule has 3 nitrogen and oxygen atoms in total. The lowest BCUT2D eigenvalue weighted by atomic mass is 9.90. The largest absolute Gasteiger partial charge is 0.208 e. The van der Waals surface area contributed by atoms with Gasteiger partial charge in [0.15, 0.2) is 17.5 Å². The molecule has 0 N–H and O–H groups in total. The van der Waals surface area contributed by atoms with Crippen molar-refractivity contribution in [2.24, 2.45) is 0 Å². The first-order chi connectivity index (χ1) is 25.8. The summed E-state index contributed by atoms with van der Waals surface area (Å²) in [4.78, 5) is 14.9. The Kier molecular flexibility index (Phi) is 8.20. The highest BCUT2D eigenvalue weighted by atomic mass is 15.0. The number of fused-ring (bicyclic) bond motifs is 1. The van der Waals surface area contributed by atoms with Crippen LogP contribution in [0.2, 0.25) is 0 Å². The third kappa shape index (κ3) is 6.17. The fourth-order valence-electron chi connectivity index (χ4n) is 6.94. The van der Waals surface area contributed by atoms with E-state index in [4.69, 9.17) is 15.0 Å². The maximum atomic E-state index is 5.02. The summed E-state index contributed by atoms with van der Waals surface area (Å²) in [5.41, 5.74) is 12.1. The zero-order chi connectivity index (χ0) is 34.7. The Bertz CT molecular complexity index is 2610. The van der Waals surface area contributed by atoms with Crippen molar-refractivity contribution < 1.29 is 0 Å². The van der Waals surface area contributed by atoms with Gasteiger partial charge in [0, 0.05) is 16.7 Å². The molecule has 9 rings (SSSR count). The van der Waals surface area contributed by atoms with Gasteiger partial charge in [0.25, 0.3) is 0 Å². The van der Waals surface area contributed by atoms with Gasteiger partial charge < -0.3 is 0 Å². The van der Waals surface area contributed by atoms with Crippen LogP contribution in [-0.4, -0.2) is 15.0 Å². The Balaban J connectivity index is 1.15. The van der Waals surface area contributed by atoms with Crippen LogP contribution >= 0.6 is 0 Å². The van der Waals surface area contributed by atoms with Crippen LogP contribution < -0.4 is 0 Å². The summed E-state index contributed by atoms with van der Waals surface area (Å²) in [5, 5.41) is 2.50. The van der Waals surface area contributed by atoms with Crippen LogP contribution in [0.1, 0.15) is 0 Å². The molecular weight excluding hydrogens is 631 g/mol. The maximum Gasteiger partial charge on any atom is 0.164 e. The molecule has 0 saturated heterocycles. The molecule has 0 bridgehead atoms. The van der Waals surface area contributed by atoms with E-state index in [9.17, 15) is 0 Å². The Morgan fingerprint density at radius 1 is 0.231 bits per heavy atom. The van der Waals surface area contributed by atoms with Gasteiger partial charge in [-0.3, -0.25) is 0 Å². The Morgan fingerprint density at radius 2 is 0.673 bits per heavy atom. The Hall–Kier alpha value is -6.97. The first-order valence-electron chi connectivity index (χ1n) is 17.5. The van der Waals surface area contributed by atoms with E-state index in [1.54, 1.807) is 0 Å². The van der Waals surface area contributed by atoms with Crippen molar-refractivity contribution in [1.29, 1.82) is 0 Å². The lowest BCUT2D eigenvalue weighted by Gasteiger charge is -2.15. The summed E-state index contributed by atoms with van der Waals surface area (Å²) < 4.78 is 0. The van der Waals surface area contributed by atoms with Crippen molar-refractivity contribution in [2.45, 2.75) is 0 Å². The number of benzene rings is 8. The van der Waals surface area contributed by atoms with Crippen molar-refractivity contribution in [1.82, 2.24) is 15.0 Å². The second-order valence-corrected chi connectivity index (χ2v) is 12.9. The monoisotopic (exact) mass is 663 g/mol. The summed E-state index contributed by atoms with van der Waals surface area (Å²) in [6.07, 6.45) is 0. The van der Waals surface area contributed by atoms with Crippen LogP contribution in [0.5, 0.6) is 0 Å². The van der Waals surface area contributed by atoms with Gasteiger partial charge in [-0.15, -0.1) is 0 Å². The molecule has 0 radical (unpaired) electrons. The minimum Gasteiger partial charge on any atom is -0.208 e. The normalized spacial score (nSPS) is 11.1. The molecule has 0 aliphatic rings. The molecule has 3 heteroatoms. The van der Waals surface area contributed by atoms with E-state index in [1.165, 1.54) is 33.0 Å². The number of aromatic nitrogens is 3. The quantitative estimate of drug-likeness (QED) is 0.170. The molecular formula is C49H33N3. The van der Waals surface area contributed by atoms with Crippen LogP contribution in [0.15, 0.2) is 200 Å². The van der Waals surface area contributed by atoms with Crippen LogP contribution in [0.25, 0.3) is 89.4 Å². The fraction of sp³-hybridized carbons (Fsp3) is 0. The fourth-order valence-corrected chi connectivity index (χ4v) is 6.94. The Morgan fingerprint density at radius 3 is 1.29 bits per heavy atom. The molecule has 0 spiro atoms. The minimum absolute atomic E-state index is 0.635. The van der Waals surface area contributed by atoms with E-state index < -0.39 is 0 Å². The third-order valence-corrected chi connectivity index (χ3v) is 9.53. The molecule has 9 aromatic rings. The summed E-state index contributed by atoms with van der Waals surface area (Å²) in [6, 6.07) is 70.2. The van der Waals surface area contributed by atoms with Crippen molar-refractivity contribution in [3.63, 3.8) is 0 Å². The summed E-state index contributed by atoms with van der Waals surface area (Å²) in [5.74, 6) is 1.93. The molecule has 52 heavy (non-hydrogen) atoms. The first-order valence-corrected chi connectivity index (χ1v) is 17.5. The van der Waals surface area contributed by atoms with E-state index in [0.717, 1.165) is 38.9 Å². The van der Waals surface area contributed by atoms with Gasteiger partial charge in [-0.25, -0.2) is 15.0 Å². The van der Waals surface area contributed by atoms with Crippen molar-refractivity contribution in [2.75, 3.05) is 0 Å². The average Bonchev–Trinajstić information content (AvgIpc) is 3.24. The molecule has 8 aromatic carbocycles. The van der Waals surface area contributed by atoms with E-state index in [1.807, 2.05) is 60.7 Å². The summed E-state index contributed by atoms with van der Waals surface area (Å²) in [6.45, 7) is 0. The standard InChI is InChI=1S/C49H33N3/c1-4-15-35(16-5-1)46-33-42(49-51-47(36-18-6-2-7-19-36)50-48(52-49)37-20-8-3-9-21-37)29-30-45(46)41-26-13-24-39(32-41)38-23-12-25-40(31-38)44-28-14-22-34-17-10-11-27-43(34)44/h1-33H. The minimum atomic E-state index is 0.635. The molecule has 0 amide bonds. The lowest BCUT2D eigenvalue weighted by Crippen LogP contribution is -2.00. The topological polar surface area (TPSA) is 38.7 Å². The molecule has 0 saturated carbocycles. The van der Waals surface area contributed by atoms with E-state index in [0.29, 0.717) is 17.5 Å². The SMILES string of the molecule is c1ccc(-c2nc(-c3ccccc3)nc(-c3ccc(-c4cccc(-c5cccc(-c6cccc7ccccc67)c5)c4)c(-c4ccccc4)c3)n2)cc1. The Labute approximate surface area is 303 Å². The predicted molar refractivity (Wildman–Crippen MR) is 215 cm³/mol. The average molecular weight is 664 g/mol. The van der Waals surface area contributed by atoms with Gasteiger partial charge >= 0.3 is 0 Å². The van der Waals surface area contributed by atoms with Crippen LogP contribution in [0, 0.1) is 0 Å². The lowest BCUT2D eigenvalue weighted by molar-refractivity contribution is 1.07. The zero-order valence-corrected chi connectivity index (χ0v) is 28.4. The van der Waals surface area contributed by atoms with Gasteiger partial charge in [0.05, 0.1) is 0 Å². The van der Waals surface area contributed by atoms with Gasteiger partial charge in [-0.1, -0.05) is 182 Å². The zero-order valence-electron chi connectivity index (χ0n) is 28.4. The molecule has 0 unspecified atom stereocenters. The number of hydrogen-bond acceptors (Lipinski definition) is 3. The molecule has 0 fully saturated rings. The van der Waals surface area contributed by atoms with E-state index in [-0.39, 0.29) is 0 Å². The molecule has 1 aromatic heterocycles. The van der Waals surface area contributed by atoms with Crippen LogP contribution in [0.4, 0.5) is 0 Å². The third-order valence-electron chi connectivity index (χ3n) is 9.53. The highest BCUT2D eigenvalue weighted by Gasteiger charge is 2.16. The number of rotatable bonds is 7.